The summed E-state index contributed by atoms with van der Waals surface area (Å²) in [4.78, 5) is 34.9. The van der Waals surface area contributed by atoms with Gasteiger partial charge in [0.15, 0.2) is 6.10 Å². The minimum absolute atomic E-state index is 0.177. The van der Waals surface area contributed by atoms with Crippen LogP contribution in [-0.4, -0.2) is 65.7 Å². The lowest BCUT2D eigenvalue weighted by Gasteiger charge is -2.20. The van der Waals surface area contributed by atoms with Gasteiger partial charge < -0.3 is 24.6 Å². The Labute approximate surface area is 317 Å². The zero-order valence-electron chi connectivity index (χ0n) is 33.3. The first-order valence-electron chi connectivity index (χ1n) is 21.1. The zero-order valence-corrected chi connectivity index (χ0v) is 34.2. The molecular weight excluding hydrogens is 683 g/mol. The molecule has 52 heavy (non-hydrogen) atoms. The number of ether oxygens (including phenoxy) is 2. The summed E-state index contributed by atoms with van der Waals surface area (Å²) in [6, 6.07) is 0. The molecule has 11 heteroatoms. The normalized spacial score (nSPS) is 14.0. The number of rotatable bonds is 40. The summed E-state index contributed by atoms with van der Waals surface area (Å²) in [6.45, 7) is 2.35. The molecule has 0 saturated heterocycles. The van der Waals surface area contributed by atoms with Crippen LogP contribution in [0.5, 0.6) is 0 Å². The van der Waals surface area contributed by atoms with Gasteiger partial charge in [0.1, 0.15) is 12.7 Å². The first-order valence-corrected chi connectivity index (χ1v) is 22.6. The van der Waals surface area contributed by atoms with Gasteiger partial charge in [0.25, 0.3) is 0 Å². The molecule has 308 valence electrons. The van der Waals surface area contributed by atoms with E-state index in [1.165, 1.54) is 103 Å². The lowest BCUT2D eigenvalue weighted by atomic mass is 10.0. The van der Waals surface area contributed by atoms with E-state index in [1.54, 1.807) is 0 Å². The first-order chi connectivity index (χ1) is 25.2. The van der Waals surface area contributed by atoms with E-state index in [2.05, 4.69) is 30.5 Å². The molecule has 0 saturated carbocycles. The van der Waals surface area contributed by atoms with E-state index in [1.807, 2.05) is 0 Å². The van der Waals surface area contributed by atoms with E-state index in [0.717, 1.165) is 57.8 Å². The fourth-order valence-electron chi connectivity index (χ4n) is 5.86. The molecule has 0 rings (SSSR count). The highest BCUT2D eigenvalue weighted by Crippen LogP contribution is 2.43. The SMILES string of the molecule is CCCC/C=C\CCCCCCCC(=O)O[C@H](COC(=O)CCCCCCCCCCCCCCCCCCCC)COP(=O)(O)OC[C@@H](O)CO. The van der Waals surface area contributed by atoms with Crippen LogP contribution in [0.15, 0.2) is 12.2 Å². The van der Waals surface area contributed by atoms with Crippen molar-refractivity contribution in [2.24, 2.45) is 0 Å². The maximum Gasteiger partial charge on any atom is 0.472 e. The topological polar surface area (TPSA) is 149 Å². The molecule has 0 aromatic rings. The van der Waals surface area contributed by atoms with Crippen LogP contribution in [0, 0.1) is 0 Å². The van der Waals surface area contributed by atoms with Gasteiger partial charge in [-0.05, 0) is 32.1 Å². The quantitative estimate of drug-likeness (QED) is 0.0238. The Morgan fingerprint density at radius 1 is 0.558 bits per heavy atom. The van der Waals surface area contributed by atoms with Gasteiger partial charge in [-0.1, -0.05) is 167 Å². The van der Waals surface area contributed by atoms with E-state index in [4.69, 9.17) is 19.1 Å². The summed E-state index contributed by atoms with van der Waals surface area (Å²) in [5, 5.41) is 18.3. The fourth-order valence-corrected chi connectivity index (χ4v) is 6.65. The predicted octanol–water partition coefficient (Wildman–Crippen LogP) is 10.8. The number of phosphoric acid groups is 1. The maximum absolute atomic E-state index is 12.5. The van der Waals surface area contributed by atoms with Crippen molar-refractivity contribution in [2.45, 2.75) is 212 Å². The van der Waals surface area contributed by atoms with Crippen molar-refractivity contribution in [1.29, 1.82) is 0 Å². The van der Waals surface area contributed by atoms with Crippen LogP contribution in [0.2, 0.25) is 0 Å². The summed E-state index contributed by atoms with van der Waals surface area (Å²) < 4.78 is 32.6. The molecule has 0 aliphatic carbocycles. The van der Waals surface area contributed by atoms with Gasteiger partial charge in [0, 0.05) is 12.8 Å². The Morgan fingerprint density at radius 3 is 1.44 bits per heavy atom. The summed E-state index contributed by atoms with van der Waals surface area (Å²) in [6.07, 6.45) is 34.7. The van der Waals surface area contributed by atoms with E-state index in [9.17, 15) is 24.2 Å². The fraction of sp³-hybridized carbons (Fsp3) is 0.902. The Hall–Kier alpha value is -1.29. The minimum atomic E-state index is -4.61. The second kappa shape index (κ2) is 38.0. The lowest BCUT2D eigenvalue weighted by molar-refractivity contribution is -0.161. The summed E-state index contributed by atoms with van der Waals surface area (Å²) in [5.41, 5.74) is 0. The van der Waals surface area contributed by atoms with Crippen LogP contribution in [0.25, 0.3) is 0 Å². The van der Waals surface area contributed by atoms with Crippen molar-refractivity contribution >= 4 is 19.8 Å². The molecule has 3 atom stereocenters. The van der Waals surface area contributed by atoms with Gasteiger partial charge >= 0.3 is 19.8 Å². The Kier molecular flexibility index (Phi) is 37.1. The van der Waals surface area contributed by atoms with Crippen molar-refractivity contribution in [3.05, 3.63) is 12.2 Å². The number of allylic oxidation sites excluding steroid dienone is 2. The maximum atomic E-state index is 12.5. The van der Waals surface area contributed by atoms with Gasteiger partial charge in [0.05, 0.1) is 19.8 Å². The molecule has 0 aromatic carbocycles. The van der Waals surface area contributed by atoms with Gasteiger partial charge in [0.2, 0.25) is 0 Å². The molecule has 0 heterocycles. The van der Waals surface area contributed by atoms with E-state index >= 15 is 0 Å². The Bertz CT molecular complexity index is 884. The first kappa shape index (κ1) is 50.7. The molecule has 10 nitrogen and oxygen atoms in total. The van der Waals surface area contributed by atoms with Crippen LogP contribution >= 0.6 is 7.82 Å². The number of phosphoric ester groups is 1. The van der Waals surface area contributed by atoms with E-state index in [0.29, 0.717) is 12.8 Å². The van der Waals surface area contributed by atoms with Gasteiger partial charge in [-0.3, -0.25) is 18.6 Å². The van der Waals surface area contributed by atoms with Gasteiger partial charge in [-0.2, -0.15) is 0 Å². The van der Waals surface area contributed by atoms with Gasteiger partial charge in [-0.15, -0.1) is 0 Å². The number of hydrogen-bond acceptors (Lipinski definition) is 9. The monoisotopic (exact) mass is 763 g/mol. The highest BCUT2D eigenvalue weighted by molar-refractivity contribution is 7.47. The van der Waals surface area contributed by atoms with Crippen molar-refractivity contribution in [3.8, 4) is 0 Å². The van der Waals surface area contributed by atoms with E-state index in [-0.39, 0.29) is 19.4 Å². The number of hydrogen-bond donors (Lipinski definition) is 3. The van der Waals surface area contributed by atoms with Crippen molar-refractivity contribution in [1.82, 2.24) is 0 Å². The van der Waals surface area contributed by atoms with Crippen molar-refractivity contribution in [2.75, 3.05) is 26.4 Å². The van der Waals surface area contributed by atoms with E-state index < -0.39 is 51.8 Å². The molecule has 0 spiro atoms. The van der Waals surface area contributed by atoms with Crippen LogP contribution in [0.1, 0.15) is 200 Å². The highest BCUT2D eigenvalue weighted by atomic mass is 31.2. The lowest BCUT2D eigenvalue weighted by Crippen LogP contribution is -2.29. The number of unbranched alkanes of at least 4 members (excludes halogenated alkanes) is 24. The average molecular weight is 763 g/mol. The molecule has 0 aliphatic heterocycles. The molecule has 0 aliphatic rings. The number of carbonyl (C=O) groups is 2. The van der Waals surface area contributed by atoms with Crippen molar-refractivity contribution in [3.63, 3.8) is 0 Å². The van der Waals surface area contributed by atoms with Crippen LogP contribution in [0.3, 0.4) is 0 Å². The third-order valence-electron chi connectivity index (χ3n) is 9.17. The molecule has 0 fully saturated rings. The minimum Gasteiger partial charge on any atom is -0.462 e. The second-order valence-electron chi connectivity index (χ2n) is 14.4. The second-order valence-corrected chi connectivity index (χ2v) is 15.8. The third-order valence-corrected chi connectivity index (χ3v) is 10.1. The summed E-state index contributed by atoms with van der Waals surface area (Å²) >= 11 is 0. The molecule has 3 N–H and O–H groups in total. The number of esters is 2. The Balaban J connectivity index is 4.22. The number of carbonyl (C=O) groups excluding carboxylic acids is 2. The number of aliphatic hydroxyl groups is 2. The largest absolute Gasteiger partial charge is 0.472 e. The summed E-state index contributed by atoms with van der Waals surface area (Å²) in [5.74, 6) is -0.927. The molecule has 0 radical (unpaired) electrons. The van der Waals surface area contributed by atoms with Crippen LogP contribution in [0.4, 0.5) is 0 Å². The van der Waals surface area contributed by atoms with Gasteiger partial charge in [-0.25, -0.2) is 4.57 Å². The molecule has 0 bridgehead atoms. The van der Waals surface area contributed by atoms with Crippen LogP contribution < -0.4 is 0 Å². The smallest absolute Gasteiger partial charge is 0.462 e. The van der Waals surface area contributed by atoms with Crippen molar-refractivity contribution < 1.29 is 47.8 Å². The standard InChI is InChI=1S/C41H79O10P/c1-3-5-7-9-11-13-15-16-17-18-19-20-21-23-24-26-28-30-32-40(44)48-36-39(37-50-52(46,47)49-35-38(43)34-42)51-41(45)33-31-29-27-25-22-14-12-10-8-6-4-2/h10,12,38-39,42-43H,3-9,11,13-37H2,1-2H3,(H,46,47)/b12-10-/t38-,39+/m0/s1. The Morgan fingerprint density at radius 2 is 0.962 bits per heavy atom. The highest BCUT2D eigenvalue weighted by Gasteiger charge is 2.27. The molecule has 0 aromatic heterocycles. The third kappa shape index (κ3) is 37.0. The molecule has 0 amide bonds. The molecule has 1 unspecified atom stereocenters. The predicted molar refractivity (Wildman–Crippen MR) is 210 cm³/mol. The number of aliphatic hydroxyl groups excluding tert-OH is 2. The average Bonchev–Trinajstić information content (AvgIpc) is 3.13. The summed E-state index contributed by atoms with van der Waals surface area (Å²) in [7, 11) is -4.61. The zero-order chi connectivity index (χ0) is 38.4. The molecular formula is C41H79O10P. The van der Waals surface area contributed by atoms with Crippen LogP contribution in [-0.2, 0) is 32.7 Å².